The van der Waals surface area contributed by atoms with E-state index in [4.69, 9.17) is 15.4 Å². The molecule has 0 bridgehead atoms. The molecule has 0 N–H and O–H groups in total. The maximum atomic E-state index is 11.1. The summed E-state index contributed by atoms with van der Waals surface area (Å²) in [6.07, 6.45) is 0. The van der Waals surface area contributed by atoms with Crippen molar-refractivity contribution in [1.29, 1.82) is 0 Å². The number of ether oxygens (including phenoxy) is 1. The molecule has 0 unspecified atom stereocenters. The Labute approximate surface area is 118 Å². The summed E-state index contributed by atoms with van der Waals surface area (Å²) < 4.78 is 28.3. The molecule has 0 heterocycles. The van der Waals surface area contributed by atoms with Crippen LogP contribution < -0.4 is 4.74 Å². The van der Waals surface area contributed by atoms with Gasteiger partial charge < -0.3 is 4.74 Å². The van der Waals surface area contributed by atoms with Crippen molar-refractivity contribution in [2.45, 2.75) is 11.8 Å². The van der Waals surface area contributed by atoms with Gasteiger partial charge in [0, 0.05) is 16.4 Å². The second kappa shape index (κ2) is 6.87. The topological polar surface area (TPSA) is 43.4 Å². The predicted octanol–water partition coefficient (Wildman–Crippen LogP) is 3.51. The zero-order valence-electron chi connectivity index (χ0n) is 9.15. The molecule has 1 rings (SSSR count). The van der Waals surface area contributed by atoms with E-state index < -0.39 is 9.05 Å². The summed E-state index contributed by atoms with van der Waals surface area (Å²) in [5, 5.41) is 0. The molecule has 17 heavy (non-hydrogen) atoms. The van der Waals surface area contributed by atoms with Gasteiger partial charge in [-0.15, -0.1) is 0 Å². The molecule has 96 valence electrons. The summed E-state index contributed by atoms with van der Waals surface area (Å²) >= 11 is 5.04. The molecule has 0 radical (unpaired) electrons. The van der Waals surface area contributed by atoms with E-state index in [1.54, 1.807) is 17.8 Å². The van der Waals surface area contributed by atoms with Crippen LogP contribution in [0.3, 0.4) is 0 Å². The van der Waals surface area contributed by atoms with Crippen molar-refractivity contribution in [3.05, 3.63) is 22.7 Å². The lowest BCUT2D eigenvalue weighted by Gasteiger charge is -2.08. The molecule has 1 aromatic rings. The van der Waals surface area contributed by atoms with Gasteiger partial charge in [0.15, 0.2) is 0 Å². The smallest absolute Gasteiger partial charge is 0.261 e. The highest BCUT2D eigenvalue weighted by atomic mass is 79.9. The fourth-order valence-corrected chi connectivity index (χ4v) is 3.02. The normalized spacial score (nSPS) is 11.5. The summed E-state index contributed by atoms with van der Waals surface area (Å²) in [4.78, 5) is 0.0568. The highest BCUT2D eigenvalue weighted by molar-refractivity contribution is 9.10. The number of hydrogen-bond donors (Lipinski definition) is 0. The lowest BCUT2D eigenvalue weighted by molar-refractivity contribution is 0.341. The molecular weight excluding hydrogens is 348 g/mol. The van der Waals surface area contributed by atoms with E-state index >= 15 is 0 Å². The van der Waals surface area contributed by atoms with Crippen molar-refractivity contribution in [1.82, 2.24) is 0 Å². The van der Waals surface area contributed by atoms with Crippen LogP contribution in [0.25, 0.3) is 0 Å². The first-order valence-electron chi connectivity index (χ1n) is 4.90. The quantitative estimate of drug-likeness (QED) is 0.576. The van der Waals surface area contributed by atoms with E-state index in [-0.39, 0.29) is 4.90 Å². The maximum Gasteiger partial charge on any atom is 0.261 e. The van der Waals surface area contributed by atoms with Crippen molar-refractivity contribution >= 4 is 47.4 Å². The van der Waals surface area contributed by atoms with Crippen LogP contribution >= 0.6 is 38.4 Å². The van der Waals surface area contributed by atoms with Gasteiger partial charge in [0.1, 0.15) is 5.75 Å². The lowest BCUT2D eigenvalue weighted by atomic mass is 10.3. The highest BCUT2D eigenvalue weighted by Gasteiger charge is 2.12. The third kappa shape index (κ3) is 5.07. The number of benzene rings is 1. The van der Waals surface area contributed by atoms with Gasteiger partial charge in [0.05, 0.1) is 16.0 Å². The highest BCUT2D eigenvalue weighted by Crippen LogP contribution is 2.29. The summed E-state index contributed by atoms with van der Waals surface area (Å²) in [6, 6.07) is 4.45. The standard InChI is InChI=1S/C10H12BrClO3S2/c1-2-16-6-5-15-10-4-3-8(7-9(10)11)17(12,13)14/h3-4,7H,2,5-6H2,1H3. The fourth-order valence-electron chi connectivity index (χ4n) is 1.11. The molecule has 0 aliphatic heterocycles. The molecule has 0 spiro atoms. The average Bonchev–Trinajstić information content (AvgIpc) is 2.24. The first-order chi connectivity index (χ1) is 7.95. The van der Waals surface area contributed by atoms with E-state index in [1.807, 2.05) is 0 Å². The second-order valence-corrected chi connectivity index (χ2v) is 7.89. The van der Waals surface area contributed by atoms with Gasteiger partial charge in [0.2, 0.25) is 0 Å². The van der Waals surface area contributed by atoms with Crippen LogP contribution in [0.15, 0.2) is 27.6 Å². The molecule has 0 aliphatic carbocycles. The number of rotatable bonds is 6. The molecule has 0 saturated carbocycles. The van der Waals surface area contributed by atoms with Gasteiger partial charge in [-0.05, 0) is 39.9 Å². The Morgan fingerprint density at radius 1 is 1.47 bits per heavy atom. The van der Waals surface area contributed by atoms with Crippen molar-refractivity contribution in [3.63, 3.8) is 0 Å². The van der Waals surface area contributed by atoms with Gasteiger partial charge >= 0.3 is 0 Å². The van der Waals surface area contributed by atoms with Crippen LogP contribution in [0.2, 0.25) is 0 Å². The van der Waals surface area contributed by atoms with Gasteiger partial charge in [-0.25, -0.2) is 8.42 Å². The second-order valence-electron chi connectivity index (χ2n) is 3.08. The van der Waals surface area contributed by atoms with Crippen LogP contribution in [-0.2, 0) is 9.05 Å². The largest absolute Gasteiger partial charge is 0.492 e. The Bertz CT molecular complexity index is 476. The molecule has 3 nitrogen and oxygen atoms in total. The van der Waals surface area contributed by atoms with Gasteiger partial charge in [-0.2, -0.15) is 11.8 Å². The van der Waals surface area contributed by atoms with E-state index in [1.165, 1.54) is 12.1 Å². The molecule has 0 amide bonds. The van der Waals surface area contributed by atoms with E-state index in [9.17, 15) is 8.42 Å². The summed E-state index contributed by atoms with van der Waals surface area (Å²) in [6.45, 7) is 2.67. The molecule has 0 saturated heterocycles. The Morgan fingerprint density at radius 3 is 2.71 bits per heavy atom. The molecule has 0 aliphatic rings. The van der Waals surface area contributed by atoms with Crippen LogP contribution in [0.1, 0.15) is 6.92 Å². The fraction of sp³-hybridized carbons (Fsp3) is 0.400. The number of hydrogen-bond acceptors (Lipinski definition) is 4. The van der Waals surface area contributed by atoms with Crippen LogP contribution in [-0.4, -0.2) is 26.5 Å². The zero-order chi connectivity index (χ0) is 12.9. The minimum Gasteiger partial charge on any atom is -0.492 e. The van der Waals surface area contributed by atoms with E-state index in [0.717, 1.165) is 11.5 Å². The third-order valence-corrected chi connectivity index (χ3v) is 4.71. The summed E-state index contributed by atoms with van der Waals surface area (Å²) in [5.74, 6) is 2.57. The first-order valence-corrected chi connectivity index (χ1v) is 9.15. The van der Waals surface area contributed by atoms with Crippen molar-refractivity contribution in [3.8, 4) is 5.75 Å². The monoisotopic (exact) mass is 358 g/mol. The number of thioether (sulfide) groups is 1. The molecular formula is C10H12BrClO3S2. The first kappa shape index (κ1) is 15.1. The summed E-state index contributed by atoms with van der Waals surface area (Å²) in [7, 11) is 1.55. The minimum atomic E-state index is -3.69. The van der Waals surface area contributed by atoms with Gasteiger partial charge in [0.25, 0.3) is 9.05 Å². The van der Waals surface area contributed by atoms with E-state index in [0.29, 0.717) is 16.8 Å². The third-order valence-electron chi connectivity index (χ3n) is 1.87. The molecule has 0 fully saturated rings. The van der Waals surface area contributed by atoms with Crippen molar-refractivity contribution in [2.24, 2.45) is 0 Å². The van der Waals surface area contributed by atoms with E-state index in [2.05, 4.69) is 22.9 Å². The predicted molar refractivity (Wildman–Crippen MR) is 75.7 cm³/mol. The van der Waals surface area contributed by atoms with Gasteiger partial charge in [-0.1, -0.05) is 6.92 Å². The van der Waals surface area contributed by atoms with Crippen LogP contribution in [0.4, 0.5) is 0 Å². The molecule has 1 aromatic carbocycles. The Balaban J connectivity index is 2.70. The molecule has 0 aromatic heterocycles. The Hall–Kier alpha value is 0.0900. The molecule has 0 atom stereocenters. The summed E-state index contributed by atoms with van der Waals surface area (Å²) in [5.41, 5.74) is 0. The molecule has 7 heteroatoms. The Kier molecular flexibility index (Phi) is 6.12. The van der Waals surface area contributed by atoms with Gasteiger partial charge in [-0.3, -0.25) is 0 Å². The SMILES string of the molecule is CCSCCOc1ccc(S(=O)(=O)Cl)cc1Br. The Morgan fingerprint density at radius 2 is 2.18 bits per heavy atom. The van der Waals surface area contributed by atoms with Crippen LogP contribution in [0.5, 0.6) is 5.75 Å². The van der Waals surface area contributed by atoms with Crippen LogP contribution in [0, 0.1) is 0 Å². The van der Waals surface area contributed by atoms with Crippen molar-refractivity contribution < 1.29 is 13.2 Å². The minimum absolute atomic E-state index is 0.0568. The average molecular weight is 360 g/mol. The number of halogens is 2. The zero-order valence-corrected chi connectivity index (χ0v) is 13.1. The maximum absolute atomic E-state index is 11.1. The van der Waals surface area contributed by atoms with Crippen molar-refractivity contribution in [2.75, 3.05) is 18.1 Å². The lowest BCUT2D eigenvalue weighted by Crippen LogP contribution is -2.01.